The summed E-state index contributed by atoms with van der Waals surface area (Å²) in [5.41, 5.74) is 6.22. The van der Waals surface area contributed by atoms with Crippen molar-refractivity contribution in [2.45, 2.75) is 20.4 Å². The van der Waals surface area contributed by atoms with Crippen LogP contribution in [0.5, 0.6) is 0 Å². The van der Waals surface area contributed by atoms with Gasteiger partial charge in [-0.3, -0.25) is 4.98 Å². The summed E-state index contributed by atoms with van der Waals surface area (Å²) in [5.74, 6) is 0. The first-order valence-electron chi connectivity index (χ1n) is 7.44. The number of aryl methyl sites for hydroxylation is 1. The maximum Gasteiger partial charge on any atom is 0.0708 e. The number of aromatic nitrogens is 1. The number of hydrogen-bond donors (Lipinski definition) is 1. The molecule has 0 spiro atoms. The van der Waals surface area contributed by atoms with Crippen LogP contribution >= 0.6 is 0 Å². The lowest BCUT2D eigenvalue weighted by atomic mass is 9.94. The van der Waals surface area contributed by atoms with Crippen LogP contribution in [0.4, 0.5) is 0 Å². The van der Waals surface area contributed by atoms with Gasteiger partial charge in [-0.05, 0) is 42.3 Å². The molecule has 0 saturated heterocycles. The van der Waals surface area contributed by atoms with Crippen LogP contribution in [0.3, 0.4) is 0 Å². The average molecular weight is 276 g/mol. The van der Waals surface area contributed by atoms with Gasteiger partial charge in [-0.2, -0.15) is 0 Å². The van der Waals surface area contributed by atoms with E-state index in [2.05, 4.69) is 66.6 Å². The summed E-state index contributed by atoms with van der Waals surface area (Å²) in [6, 6.07) is 17.2. The van der Waals surface area contributed by atoms with E-state index in [1.165, 1.54) is 27.6 Å². The molecule has 0 bridgehead atoms. The van der Waals surface area contributed by atoms with Gasteiger partial charge in [-0.1, -0.05) is 48.9 Å². The van der Waals surface area contributed by atoms with Crippen LogP contribution in [0.15, 0.2) is 54.7 Å². The molecule has 1 heterocycles. The third-order valence-electron chi connectivity index (χ3n) is 3.77. The summed E-state index contributed by atoms with van der Waals surface area (Å²) < 4.78 is 0. The number of hydrogen-bond acceptors (Lipinski definition) is 2. The van der Waals surface area contributed by atoms with E-state index in [0.717, 1.165) is 18.6 Å². The monoisotopic (exact) mass is 276 g/mol. The Hall–Kier alpha value is -2.19. The Labute approximate surface area is 125 Å². The summed E-state index contributed by atoms with van der Waals surface area (Å²) in [6.45, 7) is 6.15. The predicted octanol–water partition coefficient (Wildman–Crippen LogP) is 4.32. The Balaban J connectivity index is 2.19. The van der Waals surface area contributed by atoms with Gasteiger partial charge in [0.05, 0.1) is 5.52 Å². The lowest BCUT2D eigenvalue weighted by Gasteiger charge is -2.13. The molecule has 2 heteroatoms. The first-order valence-corrected chi connectivity index (χ1v) is 7.44. The average Bonchev–Trinajstić information content (AvgIpc) is 2.53. The molecule has 3 rings (SSSR count). The smallest absolute Gasteiger partial charge is 0.0708 e. The molecule has 0 amide bonds. The van der Waals surface area contributed by atoms with Crippen molar-refractivity contribution in [3.8, 4) is 11.1 Å². The van der Waals surface area contributed by atoms with E-state index in [9.17, 15) is 0 Å². The zero-order valence-electron chi connectivity index (χ0n) is 12.6. The quantitative estimate of drug-likeness (QED) is 0.767. The van der Waals surface area contributed by atoms with Gasteiger partial charge < -0.3 is 5.32 Å². The summed E-state index contributed by atoms with van der Waals surface area (Å²) >= 11 is 0. The molecule has 1 N–H and O–H groups in total. The molecule has 0 aliphatic carbocycles. The summed E-state index contributed by atoms with van der Waals surface area (Å²) in [4.78, 5) is 4.47. The molecule has 0 atom stereocenters. The third-order valence-corrected chi connectivity index (χ3v) is 3.77. The Morgan fingerprint density at radius 1 is 1.00 bits per heavy atom. The number of nitrogens with one attached hydrogen (secondary N) is 1. The number of fused-ring (bicyclic) bond motifs is 1. The molecule has 3 aromatic rings. The molecule has 1 aromatic heterocycles. The normalized spacial score (nSPS) is 11.0. The fourth-order valence-electron chi connectivity index (χ4n) is 2.69. The zero-order chi connectivity index (χ0) is 14.7. The molecule has 0 aliphatic heterocycles. The van der Waals surface area contributed by atoms with Crippen LogP contribution < -0.4 is 5.32 Å². The van der Waals surface area contributed by atoms with Gasteiger partial charge in [0.25, 0.3) is 0 Å². The van der Waals surface area contributed by atoms with Crippen molar-refractivity contribution in [3.05, 3.63) is 65.9 Å². The topological polar surface area (TPSA) is 24.9 Å². The standard InChI is InChI=1S/C19H20N2/c1-3-20-13-15-10-9-14(2)12-18(15)16-6-4-8-19-17(16)7-5-11-21-19/h4-12,20H,3,13H2,1-2H3. The van der Waals surface area contributed by atoms with Crippen molar-refractivity contribution < 1.29 is 0 Å². The van der Waals surface area contributed by atoms with E-state index >= 15 is 0 Å². The second kappa shape index (κ2) is 6.06. The molecule has 0 unspecified atom stereocenters. The van der Waals surface area contributed by atoms with Gasteiger partial charge in [0.2, 0.25) is 0 Å². The van der Waals surface area contributed by atoms with Crippen LogP contribution in [-0.2, 0) is 6.54 Å². The Kier molecular flexibility index (Phi) is 3.98. The van der Waals surface area contributed by atoms with Crippen LogP contribution in [0.1, 0.15) is 18.1 Å². The van der Waals surface area contributed by atoms with Gasteiger partial charge in [-0.15, -0.1) is 0 Å². The Morgan fingerprint density at radius 3 is 2.76 bits per heavy atom. The number of benzene rings is 2. The minimum Gasteiger partial charge on any atom is -0.313 e. The van der Waals surface area contributed by atoms with E-state index < -0.39 is 0 Å². The zero-order valence-corrected chi connectivity index (χ0v) is 12.6. The second-order valence-electron chi connectivity index (χ2n) is 5.32. The highest BCUT2D eigenvalue weighted by atomic mass is 14.8. The fourth-order valence-corrected chi connectivity index (χ4v) is 2.69. The van der Waals surface area contributed by atoms with Crippen LogP contribution in [0.2, 0.25) is 0 Å². The lowest BCUT2D eigenvalue weighted by molar-refractivity contribution is 0.728. The van der Waals surface area contributed by atoms with Crippen LogP contribution in [-0.4, -0.2) is 11.5 Å². The van der Waals surface area contributed by atoms with Crippen LogP contribution in [0, 0.1) is 6.92 Å². The number of pyridine rings is 1. The van der Waals surface area contributed by atoms with Crippen LogP contribution in [0.25, 0.3) is 22.0 Å². The highest BCUT2D eigenvalue weighted by molar-refractivity contribution is 5.95. The Bertz CT molecular complexity index is 757. The van der Waals surface area contributed by atoms with E-state index in [1.807, 2.05) is 12.3 Å². The molecule has 106 valence electrons. The van der Waals surface area contributed by atoms with Crippen molar-refractivity contribution in [2.75, 3.05) is 6.54 Å². The van der Waals surface area contributed by atoms with E-state index in [1.54, 1.807) is 0 Å². The molecular weight excluding hydrogens is 256 g/mol. The predicted molar refractivity (Wildman–Crippen MR) is 89.3 cm³/mol. The second-order valence-corrected chi connectivity index (χ2v) is 5.32. The molecule has 0 fully saturated rings. The maximum atomic E-state index is 4.47. The van der Waals surface area contributed by atoms with Crippen molar-refractivity contribution >= 4 is 10.9 Å². The van der Waals surface area contributed by atoms with Gasteiger partial charge in [-0.25, -0.2) is 0 Å². The number of nitrogens with zero attached hydrogens (tertiary/aromatic N) is 1. The SMILES string of the molecule is CCNCc1ccc(C)cc1-c1cccc2ncccc12. The van der Waals surface area contributed by atoms with Gasteiger partial charge >= 0.3 is 0 Å². The Morgan fingerprint density at radius 2 is 1.90 bits per heavy atom. The first kappa shape index (κ1) is 13.8. The third kappa shape index (κ3) is 2.81. The lowest BCUT2D eigenvalue weighted by Crippen LogP contribution is -2.12. The minimum absolute atomic E-state index is 0.892. The maximum absolute atomic E-state index is 4.47. The molecule has 0 aliphatic rings. The van der Waals surface area contributed by atoms with Crippen molar-refractivity contribution in [1.29, 1.82) is 0 Å². The van der Waals surface area contributed by atoms with Gasteiger partial charge in [0.15, 0.2) is 0 Å². The molecule has 2 nitrogen and oxygen atoms in total. The highest BCUT2D eigenvalue weighted by Gasteiger charge is 2.09. The van der Waals surface area contributed by atoms with E-state index in [0.29, 0.717) is 0 Å². The van der Waals surface area contributed by atoms with E-state index in [4.69, 9.17) is 0 Å². The molecule has 0 radical (unpaired) electrons. The summed E-state index contributed by atoms with van der Waals surface area (Å²) in [7, 11) is 0. The van der Waals surface area contributed by atoms with Crippen molar-refractivity contribution in [3.63, 3.8) is 0 Å². The molecule has 21 heavy (non-hydrogen) atoms. The van der Waals surface area contributed by atoms with E-state index in [-0.39, 0.29) is 0 Å². The number of rotatable bonds is 4. The van der Waals surface area contributed by atoms with Crippen molar-refractivity contribution in [2.24, 2.45) is 0 Å². The van der Waals surface area contributed by atoms with Gasteiger partial charge in [0.1, 0.15) is 0 Å². The van der Waals surface area contributed by atoms with Gasteiger partial charge in [0, 0.05) is 18.1 Å². The molecular formula is C19H20N2. The first-order chi connectivity index (χ1) is 10.3. The van der Waals surface area contributed by atoms with Crippen molar-refractivity contribution in [1.82, 2.24) is 10.3 Å². The molecule has 0 saturated carbocycles. The minimum atomic E-state index is 0.892. The summed E-state index contributed by atoms with van der Waals surface area (Å²) in [5, 5.41) is 4.64. The fraction of sp³-hybridized carbons (Fsp3) is 0.211. The molecule has 2 aromatic carbocycles. The summed E-state index contributed by atoms with van der Waals surface area (Å²) in [6.07, 6.45) is 1.85. The largest absolute Gasteiger partial charge is 0.313 e. The highest BCUT2D eigenvalue weighted by Crippen LogP contribution is 2.31.